The minimum atomic E-state index is 0.604. The van der Waals surface area contributed by atoms with Crippen LogP contribution in [0.2, 0.25) is 0 Å². The lowest BCUT2D eigenvalue weighted by Gasteiger charge is -2.39. The molecule has 1 unspecified atom stereocenters. The van der Waals surface area contributed by atoms with Gasteiger partial charge in [-0.25, -0.2) is 0 Å². The normalized spacial score (nSPS) is 22.4. The average Bonchev–Trinajstić information content (AvgIpc) is 2.10. The number of nitrogens with two attached hydrogens (primary N) is 1. The predicted octanol–water partition coefficient (Wildman–Crippen LogP) is 1.75. The fourth-order valence-electron chi connectivity index (χ4n) is 1.93. The molecule has 3 N–H and O–H groups in total. The molecule has 13 heavy (non-hydrogen) atoms. The summed E-state index contributed by atoms with van der Waals surface area (Å²) in [5.41, 5.74) is 6.24. The van der Waals surface area contributed by atoms with Gasteiger partial charge < -0.3 is 11.1 Å². The quantitative estimate of drug-likeness (QED) is 0.660. The van der Waals surface area contributed by atoms with Crippen molar-refractivity contribution >= 4 is 0 Å². The van der Waals surface area contributed by atoms with Crippen LogP contribution in [-0.4, -0.2) is 19.6 Å². The van der Waals surface area contributed by atoms with E-state index in [0.717, 1.165) is 13.1 Å². The first-order valence-electron chi connectivity index (χ1n) is 5.61. The zero-order valence-corrected chi connectivity index (χ0v) is 9.10. The van der Waals surface area contributed by atoms with Crippen molar-refractivity contribution in [1.82, 2.24) is 5.32 Å². The smallest absolute Gasteiger partial charge is 0.000528 e. The topological polar surface area (TPSA) is 38.0 Å². The highest BCUT2D eigenvalue weighted by Gasteiger charge is 2.30. The van der Waals surface area contributed by atoms with Crippen molar-refractivity contribution in [2.75, 3.05) is 19.6 Å². The molecule has 0 aromatic carbocycles. The number of rotatable bonds is 6. The molecule has 0 radical (unpaired) electrons. The Kier molecular flexibility index (Phi) is 4.20. The van der Waals surface area contributed by atoms with E-state index in [1.165, 1.54) is 32.2 Å². The Morgan fingerprint density at radius 2 is 2.15 bits per heavy atom. The van der Waals surface area contributed by atoms with E-state index in [2.05, 4.69) is 19.2 Å². The standard InChI is InChI=1S/C11H24N2/c1-3-10(7-12)8-13-9-11(2)5-4-6-11/h10,13H,3-9,12H2,1-2H3. The van der Waals surface area contributed by atoms with Crippen LogP contribution in [0.15, 0.2) is 0 Å². The van der Waals surface area contributed by atoms with Gasteiger partial charge in [0.15, 0.2) is 0 Å². The second kappa shape index (κ2) is 4.97. The predicted molar refractivity (Wildman–Crippen MR) is 57.7 cm³/mol. The van der Waals surface area contributed by atoms with Gasteiger partial charge in [-0.3, -0.25) is 0 Å². The van der Waals surface area contributed by atoms with Crippen molar-refractivity contribution in [2.45, 2.75) is 39.5 Å². The summed E-state index contributed by atoms with van der Waals surface area (Å²) in [6, 6.07) is 0. The number of nitrogens with one attached hydrogen (secondary N) is 1. The molecule has 2 nitrogen and oxygen atoms in total. The van der Waals surface area contributed by atoms with Crippen LogP contribution in [0.25, 0.3) is 0 Å². The number of hydrogen-bond donors (Lipinski definition) is 2. The molecule has 0 aromatic heterocycles. The minimum Gasteiger partial charge on any atom is -0.330 e. The molecule has 0 saturated heterocycles. The maximum Gasteiger partial charge on any atom is 0.000528 e. The van der Waals surface area contributed by atoms with Gasteiger partial charge in [0.05, 0.1) is 0 Å². The molecule has 1 fully saturated rings. The summed E-state index contributed by atoms with van der Waals surface area (Å²) in [4.78, 5) is 0. The van der Waals surface area contributed by atoms with Crippen LogP contribution in [0.4, 0.5) is 0 Å². The van der Waals surface area contributed by atoms with Crippen molar-refractivity contribution < 1.29 is 0 Å². The molecule has 1 saturated carbocycles. The van der Waals surface area contributed by atoms with Crippen LogP contribution < -0.4 is 11.1 Å². The highest BCUT2D eigenvalue weighted by Crippen LogP contribution is 2.39. The largest absolute Gasteiger partial charge is 0.330 e. The second-order valence-electron chi connectivity index (χ2n) is 4.81. The Labute approximate surface area is 82.3 Å². The molecule has 1 aliphatic carbocycles. The van der Waals surface area contributed by atoms with Crippen LogP contribution >= 0.6 is 0 Å². The SMILES string of the molecule is CCC(CN)CNCC1(C)CCC1. The molecule has 0 aliphatic heterocycles. The van der Waals surface area contributed by atoms with E-state index in [-0.39, 0.29) is 0 Å². The van der Waals surface area contributed by atoms with Gasteiger partial charge in [0.1, 0.15) is 0 Å². The summed E-state index contributed by atoms with van der Waals surface area (Å²) < 4.78 is 0. The number of hydrogen-bond acceptors (Lipinski definition) is 2. The zero-order valence-electron chi connectivity index (χ0n) is 9.10. The van der Waals surface area contributed by atoms with E-state index >= 15 is 0 Å². The molecule has 0 amide bonds. The molecule has 78 valence electrons. The molecular weight excluding hydrogens is 160 g/mol. The molecule has 0 aromatic rings. The van der Waals surface area contributed by atoms with Crippen molar-refractivity contribution in [3.8, 4) is 0 Å². The first kappa shape index (κ1) is 11.0. The van der Waals surface area contributed by atoms with E-state index in [1.807, 2.05) is 0 Å². The average molecular weight is 184 g/mol. The van der Waals surface area contributed by atoms with Gasteiger partial charge in [-0.05, 0) is 37.3 Å². The van der Waals surface area contributed by atoms with Gasteiger partial charge >= 0.3 is 0 Å². The van der Waals surface area contributed by atoms with Gasteiger partial charge in [-0.2, -0.15) is 0 Å². The van der Waals surface area contributed by atoms with Gasteiger partial charge in [-0.1, -0.05) is 26.7 Å². The zero-order chi connectivity index (χ0) is 9.73. The van der Waals surface area contributed by atoms with Crippen LogP contribution in [0, 0.1) is 11.3 Å². The summed E-state index contributed by atoms with van der Waals surface area (Å²) in [5.74, 6) is 0.670. The molecule has 1 atom stereocenters. The summed E-state index contributed by atoms with van der Waals surface area (Å²) in [5, 5.41) is 3.55. The van der Waals surface area contributed by atoms with Crippen molar-refractivity contribution in [1.29, 1.82) is 0 Å². The molecule has 0 spiro atoms. The van der Waals surface area contributed by atoms with Crippen molar-refractivity contribution in [3.05, 3.63) is 0 Å². The lowest BCUT2D eigenvalue weighted by molar-refractivity contribution is 0.154. The van der Waals surface area contributed by atoms with Crippen molar-refractivity contribution in [3.63, 3.8) is 0 Å². The summed E-state index contributed by atoms with van der Waals surface area (Å²) in [6.07, 6.45) is 5.42. The van der Waals surface area contributed by atoms with Crippen LogP contribution in [0.5, 0.6) is 0 Å². The van der Waals surface area contributed by atoms with E-state index in [0.29, 0.717) is 11.3 Å². The molecule has 0 bridgehead atoms. The van der Waals surface area contributed by atoms with Crippen LogP contribution in [-0.2, 0) is 0 Å². The van der Waals surface area contributed by atoms with Crippen molar-refractivity contribution in [2.24, 2.45) is 17.1 Å². The Hall–Kier alpha value is -0.0800. The van der Waals surface area contributed by atoms with Gasteiger partial charge in [0, 0.05) is 6.54 Å². The molecule has 0 heterocycles. The molecule has 1 rings (SSSR count). The molecule has 2 heteroatoms. The third-order valence-electron chi connectivity index (χ3n) is 3.46. The second-order valence-corrected chi connectivity index (χ2v) is 4.81. The summed E-state index contributed by atoms with van der Waals surface area (Å²) >= 11 is 0. The first-order valence-corrected chi connectivity index (χ1v) is 5.61. The Balaban J connectivity index is 2.05. The van der Waals surface area contributed by atoms with E-state index < -0.39 is 0 Å². The monoisotopic (exact) mass is 184 g/mol. The fraction of sp³-hybridized carbons (Fsp3) is 1.00. The Morgan fingerprint density at radius 1 is 1.46 bits per heavy atom. The van der Waals surface area contributed by atoms with Gasteiger partial charge in [0.2, 0.25) is 0 Å². The maximum absolute atomic E-state index is 5.64. The van der Waals surface area contributed by atoms with E-state index in [1.54, 1.807) is 0 Å². The van der Waals surface area contributed by atoms with E-state index in [9.17, 15) is 0 Å². The third-order valence-corrected chi connectivity index (χ3v) is 3.46. The van der Waals surface area contributed by atoms with Crippen LogP contribution in [0.1, 0.15) is 39.5 Å². The Bertz CT molecular complexity index is 137. The highest BCUT2D eigenvalue weighted by molar-refractivity contribution is 4.85. The first-order chi connectivity index (χ1) is 6.20. The minimum absolute atomic E-state index is 0.604. The lowest BCUT2D eigenvalue weighted by atomic mass is 9.70. The third kappa shape index (κ3) is 3.28. The highest BCUT2D eigenvalue weighted by atomic mass is 14.9. The maximum atomic E-state index is 5.64. The molecular formula is C11H24N2. The summed E-state index contributed by atoms with van der Waals surface area (Å²) in [7, 11) is 0. The van der Waals surface area contributed by atoms with Gasteiger partial charge in [0.25, 0.3) is 0 Å². The lowest BCUT2D eigenvalue weighted by Crippen LogP contribution is -2.40. The fourth-order valence-corrected chi connectivity index (χ4v) is 1.93. The van der Waals surface area contributed by atoms with Crippen LogP contribution in [0.3, 0.4) is 0 Å². The Morgan fingerprint density at radius 3 is 2.54 bits per heavy atom. The summed E-state index contributed by atoms with van der Waals surface area (Å²) in [6.45, 7) is 7.70. The van der Waals surface area contributed by atoms with Gasteiger partial charge in [-0.15, -0.1) is 0 Å². The molecule has 1 aliphatic rings. The van der Waals surface area contributed by atoms with E-state index in [4.69, 9.17) is 5.73 Å².